The van der Waals surface area contributed by atoms with E-state index >= 15 is 0 Å². The number of hydrogen-bond donors (Lipinski definition) is 4. The molecule has 1 aliphatic rings. The molecule has 4 N–H and O–H groups in total. The van der Waals surface area contributed by atoms with E-state index in [9.17, 15) is 9.59 Å². The van der Waals surface area contributed by atoms with Crippen LogP contribution >= 0.6 is 11.3 Å². The first kappa shape index (κ1) is 18.6. The summed E-state index contributed by atoms with van der Waals surface area (Å²) in [6.45, 7) is 7.32. The van der Waals surface area contributed by atoms with Crippen LogP contribution in [-0.2, 0) is 16.1 Å². The van der Waals surface area contributed by atoms with Crippen molar-refractivity contribution >= 4 is 34.5 Å². The molecule has 1 saturated heterocycles. The molecule has 0 unspecified atom stereocenters. The summed E-state index contributed by atoms with van der Waals surface area (Å²) >= 11 is 1.82. The van der Waals surface area contributed by atoms with Crippen LogP contribution in [0.3, 0.4) is 0 Å². The third-order valence-electron chi connectivity index (χ3n) is 4.57. The number of anilines is 2. The smallest absolute Gasteiger partial charge is 0.279 e. The predicted molar refractivity (Wildman–Crippen MR) is 104 cm³/mol. The monoisotopic (exact) mass is 374 g/mol. The Morgan fingerprint density at radius 1 is 0.962 bits per heavy atom. The molecule has 0 bridgehead atoms. The standard InChI is InChI=1S/C19H24N4O2S/c1-15(24)20-16-4-6-17(7-5-16)21-19(25)14-23-10-8-22(9-11-23)13-18-3-2-12-26-18/h2-7,12H,8-11,13-14H2,1H3,(H,20,24)(H,21,25)/p+2. The Morgan fingerprint density at radius 3 is 2.15 bits per heavy atom. The highest BCUT2D eigenvalue weighted by molar-refractivity contribution is 7.09. The van der Waals surface area contributed by atoms with Crippen LogP contribution in [0.5, 0.6) is 0 Å². The molecular weight excluding hydrogens is 348 g/mol. The Balaban J connectivity index is 1.40. The van der Waals surface area contributed by atoms with Gasteiger partial charge in [-0.25, -0.2) is 0 Å². The second kappa shape index (κ2) is 8.93. The van der Waals surface area contributed by atoms with Crippen molar-refractivity contribution in [2.24, 2.45) is 0 Å². The molecule has 1 aromatic heterocycles. The zero-order chi connectivity index (χ0) is 18.4. The average molecular weight is 375 g/mol. The minimum absolute atomic E-state index is 0.0361. The van der Waals surface area contributed by atoms with E-state index in [4.69, 9.17) is 0 Å². The zero-order valence-corrected chi connectivity index (χ0v) is 15.8. The Hall–Kier alpha value is -2.22. The SMILES string of the molecule is CC(=O)Nc1ccc(NC(=O)C[NH+]2CC[NH+](Cc3cccs3)CC2)cc1. The number of carbonyl (C=O) groups is 2. The summed E-state index contributed by atoms with van der Waals surface area (Å²) in [5.74, 6) is -0.0697. The van der Waals surface area contributed by atoms with E-state index in [-0.39, 0.29) is 11.8 Å². The largest absolute Gasteiger partial charge is 0.326 e. The van der Waals surface area contributed by atoms with Crippen molar-refractivity contribution in [3.8, 4) is 0 Å². The highest BCUT2D eigenvalue weighted by Crippen LogP contribution is 2.13. The molecule has 138 valence electrons. The van der Waals surface area contributed by atoms with Gasteiger partial charge in [0.15, 0.2) is 6.54 Å². The summed E-state index contributed by atoms with van der Waals surface area (Å²) in [7, 11) is 0. The number of nitrogens with one attached hydrogen (secondary N) is 4. The molecular formula is C19H26N4O2S+2. The summed E-state index contributed by atoms with van der Waals surface area (Å²) in [6.07, 6.45) is 0. The lowest BCUT2D eigenvalue weighted by atomic mass is 10.2. The molecule has 0 atom stereocenters. The molecule has 3 rings (SSSR count). The molecule has 0 saturated carbocycles. The van der Waals surface area contributed by atoms with E-state index in [1.807, 2.05) is 23.5 Å². The lowest BCUT2D eigenvalue weighted by molar-refractivity contribution is -1.01. The number of hydrogen-bond acceptors (Lipinski definition) is 3. The molecule has 7 heteroatoms. The Morgan fingerprint density at radius 2 is 1.58 bits per heavy atom. The van der Waals surface area contributed by atoms with Crippen LogP contribution in [0.15, 0.2) is 41.8 Å². The molecule has 2 amide bonds. The fraction of sp³-hybridized carbons (Fsp3) is 0.368. The molecule has 2 aromatic rings. The zero-order valence-electron chi connectivity index (χ0n) is 15.0. The van der Waals surface area contributed by atoms with Gasteiger partial charge in [-0.15, -0.1) is 11.3 Å². The first-order valence-corrected chi connectivity index (χ1v) is 9.83. The molecule has 1 fully saturated rings. The minimum Gasteiger partial charge on any atom is -0.326 e. The topological polar surface area (TPSA) is 67.1 Å². The van der Waals surface area contributed by atoms with Gasteiger partial charge in [0.2, 0.25) is 5.91 Å². The molecule has 1 aromatic carbocycles. The molecule has 2 heterocycles. The van der Waals surface area contributed by atoms with Gasteiger partial charge >= 0.3 is 0 Å². The predicted octanol–water partition coefficient (Wildman–Crippen LogP) is -0.371. The minimum atomic E-state index is -0.106. The van der Waals surface area contributed by atoms with Crippen molar-refractivity contribution in [3.63, 3.8) is 0 Å². The van der Waals surface area contributed by atoms with Gasteiger partial charge in [-0.1, -0.05) is 6.07 Å². The van der Waals surface area contributed by atoms with Gasteiger partial charge in [0.05, 0.1) is 4.88 Å². The van der Waals surface area contributed by atoms with Crippen molar-refractivity contribution < 1.29 is 19.4 Å². The number of benzene rings is 1. The molecule has 26 heavy (non-hydrogen) atoms. The number of quaternary nitrogens is 2. The van der Waals surface area contributed by atoms with Crippen LogP contribution in [0.4, 0.5) is 11.4 Å². The third kappa shape index (κ3) is 5.66. The van der Waals surface area contributed by atoms with E-state index in [0.29, 0.717) is 6.54 Å². The summed E-state index contributed by atoms with van der Waals surface area (Å²) < 4.78 is 0. The quantitative estimate of drug-likeness (QED) is 0.557. The summed E-state index contributed by atoms with van der Waals surface area (Å²) in [4.78, 5) is 27.7. The highest BCUT2D eigenvalue weighted by Gasteiger charge is 2.25. The van der Waals surface area contributed by atoms with E-state index in [0.717, 1.165) is 44.1 Å². The Bertz CT molecular complexity index is 723. The van der Waals surface area contributed by atoms with Gasteiger partial charge in [-0.3, -0.25) is 9.59 Å². The summed E-state index contributed by atoms with van der Waals surface area (Å²) in [5, 5.41) is 7.78. The van der Waals surface area contributed by atoms with Crippen LogP contribution in [0.1, 0.15) is 11.8 Å². The first-order chi connectivity index (χ1) is 12.6. The van der Waals surface area contributed by atoms with E-state index in [1.54, 1.807) is 17.0 Å². The van der Waals surface area contributed by atoms with Crippen LogP contribution in [-0.4, -0.2) is 44.5 Å². The maximum absolute atomic E-state index is 12.3. The van der Waals surface area contributed by atoms with E-state index < -0.39 is 0 Å². The van der Waals surface area contributed by atoms with Crippen LogP contribution < -0.4 is 20.4 Å². The van der Waals surface area contributed by atoms with Gasteiger partial charge in [0, 0.05) is 18.3 Å². The number of carbonyl (C=O) groups excluding carboxylic acids is 2. The van der Waals surface area contributed by atoms with Gasteiger partial charge in [-0.05, 0) is 35.7 Å². The normalized spacial score (nSPS) is 19.7. The van der Waals surface area contributed by atoms with Crippen LogP contribution in [0.25, 0.3) is 0 Å². The number of rotatable bonds is 6. The fourth-order valence-electron chi connectivity index (χ4n) is 3.24. The van der Waals surface area contributed by atoms with E-state index in [1.165, 1.54) is 16.7 Å². The lowest BCUT2D eigenvalue weighted by Gasteiger charge is -2.29. The number of piperazine rings is 1. The van der Waals surface area contributed by atoms with Gasteiger partial charge in [0.25, 0.3) is 5.91 Å². The van der Waals surface area contributed by atoms with E-state index in [2.05, 4.69) is 28.1 Å². The van der Waals surface area contributed by atoms with Crippen molar-refractivity contribution in [2.75, 3.05) is 43.4 Å². The first-order valence-electron chi connectivity index (χ1n) is 8.95. The fourth-order valence-corrected chi connectivity index (χ4v) is 4.02. The lowest BCUT2D eigenvalue weighted by Crippen LogP contribution is -3.28. The molecule has 6 nitrogen and oxygen atoms in total. The van der Waals surface area contributed by atoms with Crippen molar-refractivity contribution in [1.29, 1.82) is 0 Å². The Labute approximate surface area is 157 Å². The maximum Gasteiger partial charge on any atom is 0.279 e. The highest BCUT2D eigenvalue weighted by atomic mass is 32.1. The molecule has 0 aliphatic carbocycles. The molecule has 0 spiro atoms. The van der Waals surface area contributed by atoms with Gasteiger partial charge in [-0.2, -0.15) is 0 Å². The number of amides is 2. The molecule has 1 aliphatic heterocycles. The van der Waals surface area contributed by atoms with Crippen molar-refractivity contribution in [1.82, 2.24) is 0 Å². The average Bonchev–Trinajstić information content (AvgIpc) is 3.11. The Kier molecular flexibility index (Phi) is 6.38. The summed E-state index contributed by atoms with van der Waals surface area (Å²) in [5.41, 5.74) is 1.48. The third-order valence-corrected chi connectivity index (χ3v) is 5.44. The summed E-state index contributed by atoms with van der Waals surface area (Å²) in [6, 6.07) is 11.5. The van der Waals surface area contributed by atoms with Crippen molar-refractivity contribution in [2.45, 2.75) is 13.5 Å². The van der Waals surface area contributed by atoms with Crippen LogP contribution in [0.2, 0.25) is 0 Å². The van der Waals surface area contributed by atoms with Gasteiger partial charge < -0.3 is 20.4 Å². The second-order valence-corrected chi connectivity index (χ2v) is 7.77. The molecule has 0 radical (unpaired) electrons. The van der Waals surface area contributed by atoms with Gasteiger partial charge in [0.1, 0.15) is 32.7 Å². The maximum atomic E-state index is 12.3. The van der Waals surface area contributed by atoms with Crippen LogP contribution in [0, 0.1) is 0 Å². The number of thiophene rings is 1. The second-order valence-electron chi connectivity index (χ2n) is 6.74. The van der Waals surface area contributed by atoms with Crippen molar-refractivity contribution in [3.05, 3.63) is 46.7 Å².